The highest BCUT2D eigenvalue weighted by Gasteiger charge is 2.43. The third-order valence-corrected chi connectivity index (χ3v) is 7.07. The largest absolute Gasteiger partial charge is 0.444 e. The van der Waals surface area contributed by atoms with Gasteiger partial charge in [0, 0.05) is 13.1 Å². The highest BCUT2D eigenvalue weighted by atomic mass is 16.6. The minimum absolute atomic E-state index is 0.303. The SMILES string of the molecule is CCCC(NC(=O)[C@@H]1CCCN1C(=O)C(NC(=O)OC(C)(C)C)C(C)(C)C)C(=O)C(=O)NCCCCc1ccccc1. The van der Waals surface area contributed by atoms with Crippen LogP contribution in [0.2, 0.25) is 0 Å². The number of hydrogen-bond donors (Lipinski definition) is 3. The summed E-state index contributed by atoms with van der Waals surface area (Å²) in [4.78, 5) is 66.7. The molecule has 0 aliphatic carbocycles. The Morgan fingerprint density at radius 3 is 2.24 bits per heavy atom. The minimum atomic E-state index is -0.984. The Morgan fingerprint density at radius 2 is 1.64 bits per heavy atom. The van der Waals surface area contributed by atoms with Crippen molar-refractivity contribution in [3.63, 3.8) is 0 Å². The molecule has 1 aromatic rings. The fraction of sp³-hybridized carbons (Fsp3) is 0.656. The Kier molecular flexibility index (Phi) is 13.0. The van der Waals surface area contributed by atoms with Gasteiger partial charge in [-0.05, 0) is 70.3 Å². The number of unbranched alkanes of at least 4 members (excludes halogenated alkanes) is 1. The van der Waals surface area contributed by atoms with Crippen molar-refractivity contribution >= 4 is 29.6 Å². The molecule has 0 bridgehead atoms. The molecule has 1 fully saturated rings. The lowest BCUT2D eigenvalue weighted by molar-refractivity contribution is -0.144. The van der Waals surface area contributed by atoms with Crippen molar-refractivity contribution in [1.29, 1.82) is 0 Å². The number of hydrogen-bond acceptors (Lipinski definition) is 6. The average Bonchev–Trinajstić information content (AvgIpc) is 3.40. The second-order valence-electron chi connectivity index (χ2n) is 13.0. The Balaban J connectivity index is 1.99. The lowest BCUT2D eigenvalue weighted by Gasteiger charge is -2.36. The van der Waals surface area contributed by atoms with Gasteiger partial charge in [-0.3, -0.25) is 19.2 Å². The maximum atomic E-state index is 13.7. The van der Waals surface area contributed by atoms with Gasteiger partial charge in [-0.2, -0.15) is 0 Å². The predicted molar refractivity (Wildman–Crippen MR) is 162 cm³/mol. The third-order valence-electron chi connectivity index (χ3n) is 7.07. The van der Waals surface area contributed by atoms with Crippen LogP contribution in [0.5, 0.6) is 0 Å². The number of Topliss-reactive ketones (excluding diaryl/α,β-unsaturated/α-hetero) is 1. The van der Waals surface area contributed by atoms with Crippen molar-refractivity contribution in [1.82, 2.24) is 20.9 Å². The lowest BCUT2D eigenvalue weighted by Crippen LogP contribution is -2.59. The summed E-state index contributed by atoms with van der Waals surface area (Å²) < 4.78 is 5.37. The van der Waals surface area contributed by atoms with Gasteiger partial charge < -0.3 is 25.6 Å². The van der Waals surface area contributed by atoms with E-state index in [1.807, 2.05) is 45.9 Å². The molecule has 1 aliphatic rings. The average molecular weight is 587 g/mol. The molecule has 3 N–H and O–H groups in total. The molecule has 0 saturated carbocycles. The smallest absolute Gasteiger partial charge is 0.408 e. The second kappa shape index (κ2) is 15.7. The van der Waals surface area contributed by atoms with E-state index in [-0.39, 0.29) is 0 Å². The van der Waals surface area contributed by atoms with Crippen LogP contribution < -0.4 is 16.0 Å². The molecule has 0 aromatic heterocycles. The number of amides is 4. The van der Waals surface area contributed by atoms with Gasteiger partial charge in [0.25, 0.3) is 5.91 Å². The molecule has 10 nitrogen and oxygen atoms in total. The summed E-state index contributed by atoms with van der Waals surface area (Å²) in [6, 6.07) is 7.33. The van der Waals surface area contributed by atoms with Gasteiger partial charge >= 0.3 is 6.09 Å². The first-order valence-electron chi connectivity index (χ1n) is 15.1. The molecule has 42 heavy (non-hydrogen) atoms. The predicted octanol–water partition coefficient (Wildman–Crippen LogP) is 3.91. The van der Waals surface area contributed by atoms with Crippen LogP contribution in [-0.4, -0.2) is 71.3 Å². The maximum absolute atomic E-state index is 13.7. The zero-order valence-corrected chi connectivity index (χ0v) is 26.4. The van der Waals surface area contributed by atoms with Gasteiger partial charge in [0.15, 0.2) is 0 Å². The van der Waals surface area contributed by atoms with Crippen LogP contribution in [0.25, 0.3) is 0 Å². The van der Waals surface area contributed by atoms with Gasteiger partial charge in [-0.1, -0.05) is 64.4 Å². The van der Waals surface area contributed by atoms with Crippen LogP contribution in [-0.2, 0) is 30.3 Å². The summed E-state index contributed by atoms with van der Waals surface area (Å²) >= 11 is 0. The summed E-state index contributed by atoms with van der Waals surface area (Å²) in [7, 11) is 0. The number of nitrogens with zero attached hydrogens (tertiary/aromatic N) is 1. The molecular weight excluding hydrogens is 536 g/mol. The zero-order chi connectivity index (χ0) is 31.5. The van der Waals surface area contributed by atoms with Crippen LogP contribution in [0.15, 0.2) is 30.3 Å². The fourth-order valence-corrected chi connectivity index (χ4v) is 4.91. The first-order chi connectivity index (χ1) is 19.6. The standard InChI is InChI=1S/C32H50N4O6/c1-8-15-23(25(37)28(39)33-20-13-12-18-22-16-10-9-11-17-22)34-27(38)24-19-14-21-36(24)29(40)26(31(2,3)4)35-30(41)42-32(5,6)7/h9-11,16-17,23-24,26H,8,12-15,18-21H2,1-7H3,(H,33,39)(H,34,38)(H,35,41)/t23?,24-,26?/m0/s1. The molecule has 10 heteroatoms. The molecule has 234 valence electrons. The van der Waals surface area contributed by atoms with E-state index in [4.69, 9.17) is 4.74 Å². The molecule has 1 saturated heterocycles. The van der Waals surface area contributed by atoms with E-state index in [1.54, 1.807) is 20.8 Å². The third kappa shape index (κ3) is 11.1. The monoisotopic (exact) mass is 586 g/mol. The van der Waals surface area contributed by atoms with Crippen molar-refractivity contribution in [2.45, 2.75) is 117 Å². The van der Waals surface area contributed by atoms with Crippen LogP contribution in [0.3, 0.4) is 0 Å². The quantitative estimate of drug-likeness (QED) is 0.237. The first kappa shape index (κ1) is 34.8. The second-order valence-corrected chi connectivity index (χ2v) is 13.0. The van der Waals surface area contributed by atoms with Crippen molar-refractivity contribution in [2.75, 3.05) is 13.1 Å². The molecule has 4 amide bonds. The number of alkyl carbamates (subject to hydrolysis) is 1. The lowest BCUT2D eigenvalue weighted by atomic mass is 9.85. The highest BCUT2D eigenvalue weighted by molar-refractivity contribution is 6.38. The van der Waals surface area contributed by atoms with Gasteiger partial charge in [-0.25, -0.2) is 4.79 Å². The Hall–Kier alpha value is -3.43. The minimum Gasteiger partial charge on any atom is -0.444 e. The van der Waals surface area contributed by atoms with Crippen LogP contribution in [0.4, 0.5) is 4.79 Å². The van der Waals surface area contributed by atoms with Crippen LogP contribution >= 0.6 is 0 Å². The van der Waals surface area contributed by atoms with Gasteiger partial charge in [0.2, 0.25) is 17.6 Å². The fourth-order valence-electron chi connectivity index (χ4n) is 4.91. The number of carbonyl (C=O) groups is 5. The van der Waals surface area contributed by atoms with Gasteiger partial charge in [0.05, 0.1) is 6.04 Å². The topological polar surface area (TPSA) is 134 Å². The molecule has 3 atom stereocenters. The summed E-state index contributed by atoms with van der Waals surface area (Å²) in [6.07, 6.45) is 3.68. The van der Waals surface area contributed by atoms with Crippen LogP contribution in [0.1, 0.15) is 92.6 Å². The molecule has 2 rings (SSSR count). The number of ether oxygens (including phenoxy) is 1. The van der Waals surface area contributed by atoms with E-state index >= 15 is 0 Å². The highest BCUT2D eigenvalue weighted by Crippen LogP contribution is 2.26. The summed E-state index contributed by atoms with van der Waals surface area (Å²) in [5.41, 5.74) is -0.169. The van der Waals surface area contributed by atoms with E-state index in [1.165, 1.54) is 10.5 Å². The van der Waals surface area contributed by atoms with Crippen molar-refractivity contribution in [2.24, 2.45) is 5.41 Å². The van der Waals surface area contributed by atoms with E-state index in [0.29, 0.717) is 38.8 Å². The van der Waals surface area contributed by atoms with Crippen LogP contribution in [0, 0.1) is 5.41 Å². The molecule has 0 radical (unpaired) electrons. The molecule has 1 heterocycles. The maximum Gasteiger partial charge on any atom is 0.408 e. The normalized spacial score (nSPS) is 16.7. The molecule has 0 spiro atoms. The Morgan fingerprint density at radius 1 is 0.976 bits per heavy atom. The molecule has 2 unspecified atom stereocenters. The number of carbonyl (C=O) groups excluding carboxylic acids is 5. The summed E-state index contributed by atoms with van der Waals surface area (Å²) in [5, 5.41) is 8.12. The van der Waals surface area contributed by atoms with Crippen molar-refractivity contribution in [3.05, 3.63) is 35.9 Å². The first-order valence-corrected chi connectivity index (χ1v) is 15.1. The molecule has 1 aliphatic heterocycles. The van der Waals surface area contributed by atoms with E-state index in [0.717, 1.165) is 19.3 Å². The van der Waals surface area contributed by atoms with Crippen molar-refractivity contribution < 1.29 is 28.7 Å². The molecular formula is C32H50N4O6. The van der Waals surface area contributed by atoms with E-state index in [9.17, 15) is 24.0 Å². The number of likely N-dealkylation sites (tertiary alicyclic amines) is 1. The van der Waals surface area contributed by atoms with E-state index < -0.39 is 58.7 Å². The number of nitrogens with one attached hydrogen (secondary N) is 3. The number of rotatable bonds is 13. The Labute approximate surface area is 250 Å². The van der Waals surface area contributed by atoms with Gasteiger partial charge in [-0.15, -0.1) is 0 Å². The van der Waals surface area contributed by atoms with Crippen molar-refractivity contribution in [3.8, 4) is 0 Å². The number of ketones is 1. The Bertz CT molecular complexity index is 1080. The number of aryl methyl sites for hydroxylation is 1. The summed E-state index contributed by atoms with van der Waals surface area (Å²) in [5.74, 6) is -2.28. The summed E-state index contributed by atoms with van der Waals surface area (Å²) in [6.45, 7) is 13.3. The zero-order valence-electron chi connectivity index (χ0n) is 26.4. The van der Waals surface area contributed by atoms with E-state index in [2.05, 4.69) is 28.1 Å². The molecule has 1 aromatic carbocycles. The number of benzene rings is 1. The van der Waals surface area contributed by atoms with Gasteiger partial charge in [0.1, 0.15) is 17.7 Å².